The standard InChI is InChI=1S/C24H26FN5O3S/c1-4-24-9-7-19(34(24,31)32)23(2,30-22(24)26)15-11-14(5-6-16(15)25)12-18-21-17(8-10-27-18)29-20(33-3)13-28-21/h5-6,8,10-11,13,19H,4,7,9,12H2,1-3H3,(H2,26,30)/t19?,23-,24-/m1/s1. The van der Waals surface area contributed by atoms with E-state index in [0.29, 0.717) is 48.3 Å². The van der Waals surface area contributed by atoms with Crippen LogP contribution >= 0.6 is 0 Å². The molecule has 4 heterocycles. The zero-order valence-corrected chi connectivity index (χ0v) is 20.1. The van der Waals surface area contributed by atoms with Gasteiger partial charge in [0.25, 0.3) is 0 Å². The van der Waals surface area contributed by atoms with Crippen molar-refractivity contribution in [2.24, 2.45) is 10.7 Å². The van der Waals surface area contributed by atoms with E-state index in [9.17, 15) is 8.42 Å². The van der Waals surface area contributed by atoms with E-state index < -0.39 is 31.2 Å². The summed E-state index contributed by atoms with van der Waals surface area (Å²) in [4.78, 5) is 17.9. The molecule has 0 spiro atoms. The van der Waals surface area contributed by atoms with Gasteiger partial charge in [-0.15, -0.1) is 0 Å². The van der Waals surface area contributed by atoms with Gasteiger partial charge in [0.2, 0.25) is 5.88 Å². The molecule has 2 aliphatic heterocycles. The van der Waals surface area contributed by atoms with E-state index in [2.05, 4.69) is 19.9 Å². The Morgan fingerprint density at radius 3 is 2.79 bits per heavy atom. The van der Waals surface area contributed by atoms with Gasteiger partial charge in [-0.1, -0.05) is 19.1 Å². The summed E-state index contributed by atoms with van der Waals surface area (Å²) in [6.07, 6.45) is 4.68. The van der Waals surface area contributed by atoms with Gasteiger partial charge in [0.05, 0.1) is 29.8 Å². The van der Waals surface area contributed by atoms with Crippen LogP contribution in [0.5, 0.6) is 5.88 Å². The Morgan fingerprint density at radius 1 is 1.26 bits per heavy atom. The van der Waals surface area contributed by atoms with Crippen molar-refractivity contribution in [2.45, 2.75) is 55.1 Å². The van der Waals surface area contributed by atoms with Crippen LogP contribution in [-0.2, 0) is 21.8 Å². The van der Waals surface area contributed by atoms with Crippen LogP contribution in [0.4, 0.5) is 4.39 Å². The number of nitrogens with zero attached hydrogens (tertiary/aromatic N) is 4. The quantitative estimate of drug-likeness (QED) is 0.592. The molecule has 2 N–H and O–H groups in total. The molecule has 0 saturated carbocycles. The molecular weight excluding hydrogens is 457 g/mol. The number of benzene rings is 1. The number of nitrogens with two attached hydrogens (primary N) is 1. The van der Waals surface area contributed by atoms with E-state index in [-0.39, 0.29) is 11.4 Å². The van der Waals surface area contributed by atoms with Crippen molar-refractivity contribution >= 4 is 26.7 Å². The molecule has 2 bridgehead atoms. The second kappa shape index (κ2) is 7.69. The number of aromatic nitrogens is 3. The van der Waals surface area contributed by atoms with Crippen LogP contribution in [0.25, 0.3) is 11.0 Å². The van der Waals surface area contributed by atoms with Gasteiger partial charge in [0.1, 0.15) is 27.5 Å². The van der Waals surface area contributed by atoms with Crippen molar-refractivity contribution in [3.63, 3.8) is 0 Å². The number of hydrogen-bond acceptors (Lipinski definition) is 8. The van der Waals surface area contributed by atoms with Crippen molar-refractivity contribution < 1.29 is 17.5 Å². The highest BCUT2D eigenvalue weighted by Gasteiger charge is 2.64. The minimum Gasteiger partial charge on any atom is -0.480 e. The van der Waals surface area contributed by atoms with Gasteiger partial charge in [0.15, 0.2) is 9.84 Å². The monoisotopic (exact) mass is 483 g/mol. The van der Waals surface area contributed by atoms with E-state index in [1.165, 1.54) is 19.4 Å². The lowest BCUT2D eigenvalue weighted by Crippen LogP contribution is -2.57. The van der Waals surface area contributed by atoms with E-state index in [0.717, 1.165) is 5.56 Å². The maximum atomic E-state index is 15.2. The number of amidine groups is 1. The fourth-order valence-corrected chi connectivity index (χ4v) is 8.38. The van der Waals surface area contributed by atoms with Crippen LogP contribution in [0.15, 0.2) is 41.7 Å². The predicted octanol–water partition coefficient (Wildman–Crippen LogP) is 3.08. The second-order valence-electron chi connectivity index (χ2n) is 9.09. The number of pyridine rings is 1. The SMILES string of the molecule is CC[C@@]12CCC([C@@](C)(c3cc(Cc4nccc5nc(OC)cnc45)ccc3F)N=C1N)S2(=O)=O. The summed E-state index contributed by atoms with van der Waals surface area (Å²) >= 11 is 0. The molecule has 1 unspecified atom stereocenters. The van der Waals surface area contributed by atoms with Crippen molar-refractivity contribution in [3.8, 4) is 5.88 Å². The third-order valence-corrected chi connectivity index (χ3v) is 10.7. The first kappa shape index (κ1) is 22.6. The van der Waals surface area contributed by atoms with Gasteiger partial charge in [-0.25, -0.2) is 22.8 Å². The number of sulfone groups is 1. The Kier molecular flexibility index (Phi) is 5.12. The number of ether oxygens (including phenoxy) is 1. The number of aliphatic imine (C=N–C) groups is 1. The minimum atomic E-state index is -3.63. The van der Waals surface area contributed by atoms with Crippen LogP contribution in [0.2, 0.25) is 0 Å². The Morgan fingerprint density at radius 2 is 2.06 bits per heavy atom. The van der Waals surface area contributed by atoms with Gasteiger partial charge >= 0.3 is 0 Å². The summed E-state index contributed by atoms with van der Waals surface area (Å²) in [7, 11) is -2.11. The highest BCUT2D eigenvalue weighted by Crippen LogP contribution is 2.52. The molecule has 0 aliphatic carbocycles. The molecule has 10 heteroatoms. The Bertz CT molecular complexity index is 1440. The van der Waals surface area contributed by atoms with Gasteiger partial charge < -0.3 is 10.5 Å². The summed E-state index contributed by atoms with van der Waals surface area (Å²) in [6.45, 7) is 3.48. The van der Waals surface area contributed by atoms with E-state index >= 15 is 4.39 Å². The molecule has 0 radical (unpaired) electrons. The van der Waals surface area contributed by atoms with Crippen LogP contribution < -0.4 is 10.5 Å². The Labute approximate surface area is 197 Å². The third-order valence-electron chi connectivity index (χ3n) is 7.42. The van der Waals surface area contributed by atoms with Crippen LogP contribution in [0, 0.1) is 5.82 Å². The minimum absolute atomic E-state index is 0.0796. The molecule has 0 amide bonds. The highest BCUT2D eigenvalue weighted by atomic mass is 32.2. The first-order valence-electron chi connectivity index (χ1n) is 11.2. The molecule has 34 heavy (non-hydrogen) atoms. The van der Waals surface area contributed by atoms with Crippen molar-refractivity contribution in [1.82, 2.24) is 15.0 Å². The summed E-state index contributed by atoms with van der Waals surface area (Å²) < 4.78 is 46.2. The fraction of sp³-hybridized carbons (Fsp3) is 0.417. The predicted molar refractivity (Wildman–Crippen MR) is 127 cm³/mol. The average Bonchev–Trinajstić information content (AvgIpc) is 3.03. The molecule has 8 nitrogen and oxygen atoms in total. The largest absolute Gasteiger partial charge is 0.480 e. The zero-order chi connectivity index (χ0) is 24.3. The smallest absolute Gasteiger partial charge is 0.232 e. The maximum absolute atomic E-state index is 15.2. The number of hydrogen-bond donors (Lipinski definition) is 1. The number of fused-ring (bicyclic) bond motifs is 3. The lowest BCUT2D eigenvalue weighted by molar-refractivity contribution is 0.397. The first-order chi connectivity index (χ1) is 16.2. The first-order valence-corrected chi connectivity index (χ1v) is 12.7. The van der Waals surface area contributed by atoms with Crippen LogP contribution in [0.1, 0.15) is 49.9 Å². The van der Waals surface area contributed by atoms with Crippen molar-refractivity contribution in [3.05, 3.63) is 59.3 Å². The van der Waals surface area contributed by atoms with E-state index in [1.54, 1.807) is 31.3 Å². The van der Waals surface area contributed by atoms with Crippen LogP contribution in [0.3, 0.4) is 0 Å². The molecule has 3 atom stereocenters. The third kappa shape index (κ3) is 3.04. The van der Waals surface area contributed by atoms with E-state index in [4.69, 9.17) is 10.5 Å². The van der Waals surface area contributed by atoms with Crippen LogP contribution in [-0.4, -0.2) is 46.3 Å². The van der Waals surface area contributed by atoms with Crippen molar-refractivity contribution in [1.29, 1.82) is 0 Å². The maximum Gasteiger partial charge on any atom is 0.232 e. The van der Waals surface area contributed by atoms with Gasteiger partial charge in [-0.2, -0.15) is 0 Å². The van der Waals surface area contributed by atoms with Gasteiger partial charge in [-0.3, -0.25) is 9.98 Å². The second-order valence-corrected chi connectivity index (χ2v) is 11.5. The average molecular weight is 484 g/mol. The lowest BCUT2D eigenvalue weighted by atomic mass is 9.85. The molecule has 3 aromatic rings. The molecular formula is C24H26FN5O3S. The topological polar surface area (TPSA) is 120 Å². The zero-order valence-electron chi connectivity index (χ0n) is 19.2. The normalized spacial score (nSPS) is 27.5. The molecule has 1 aromatic carbocycles. The highest BCUT2D eigenvalue weighted by molar-refractivity contribution is 7.94. The van der Waals surface area contributed by atoms with Gasteiger partial charge in [-0.05, 0) is 43.9 Å². The number of methoxy groups -OCH3 is 1. The molecule has 1 fully saturated rings. The fourth-order valence-electron chi connectivity index (χ4n) is 5.48. The summed E-state index contributed by atoms with van der Waals surface area (Å²) in [5, 5.41) is -0.828. The molecule has 5 rings (SSSR count). The molecule has 1 saturated heterocycles. The molecule has 178 valence electrons. The summed E-state index contributed by atoms with van der Waals surface area (Å²) in [6, 6.07) is 6.44. The Hall–Kier alpha value is -3.14. The van der Waals surface area contributed by atoms with Gasteiger partial charge in [0, 0.05) is 18.2 Å². The summed E-state index contributed by atoms with van der Waals surface area (Å²) in [5.41, 5.74) is 7.85. The summed E-state index contributed by atoms with van der Waals surface area (Å²) in [5.74, 6) is -0.0318. The lowest BCUT2D eigenvalue weighted by Gasteiger charge is -2.40. The molecule has 2 aliphatic rings. The number of halogens is 1. The van der Waals surface area contributed by atoms with Crippen molar-refractivity contribution in [2.75, 3.05) is 7.11 Å². The van der Waals surface area contributed by atoms with E-state index in [1.807, 2.05) is 6.92 Å². The number of rotatable bonds is 5. The Balaban J connectivity index is 1.59. The molecule has 2 aromatic heterocycles.